The van der Waals surface area contributed by atoms with Gasteiger partial charge in [0, 0.05) is 19.6 Å². The minimum Gasteiger partial charge on any atom is -0.353 e. The molecule has 0 fully saturated rings. The van der Waals surface area contributed by atoms with Crippen LogP contribution in [0.2, 0.25) is 0 Å². The summed E-state index contributed by atoms with van der Waals surface area (Å²) >= 11 is 0. The summed E-state index contributed by atoms with van der Waals surface area (Å²) in [5.74, 6) is 0.0453. The third kappa shape index (κ3) is 5.36. The molecule has 1 aromatic heterocycles. The second-order valence-electron chi connectivity index (χ2n) is 5.20. The number of halogens is 1. The number of aromatic nitrogens is 2. The molecule has 0 aromatic carbocycles. The second kappa shape index (κ2) is 9.31. The molecule has 10 heteroatoms. The number of aryl methyl sites for hydroxylation is 2. The maximum absolute atomic E-state index is 12.2. The first-order valence-corrected chi connectivity index (χ1v) is 7.21. The Morgan fingerprint density at radius 3 is 2.57 bits per heavy atom. The van der Waals surface area contributed by atoms with Crippen LogP contribution in [0.1, 0.15) is 26.0 Å². The lowest BCUT2D eigenvalue weighted by molar-refractivity contribution is -0.384. The first-order chi connectivity index (χ1) is 10.3. The van der Waals surface area contributed by atoms with Gasteiger partial charge in [-0.3, -0.25) is 14.9 Å². The molecule has 0 aliphatic heterocycles. The summed E-state index contributed by atoms with van der Waals surface area (Å²) < 4.78 is 1.39. The molecule has 0 spiro atoms. The summed E-state index contributed by atoms with van der Waals surface area (Å²) in [6, 6.07) is -0.410. The van der Waals surface area contributed by atoms with Gasteiger partial charge in [0.15, 0.2) is 0 Å². The maximum Gasteiger partial charge on any atom is 0.333 e. The van der Waals surface area contributed by atoms with Gasteiger partial charge in [0.05, 0.1) is 4.92 Å². The summed E-state index contributed by atoms with van der Waals surface area (Å²) in [6.45, 7) is 5.84. The zero-order chi connectivity index (χ0) is 16.9. The molecule has 0 saturated heterocycles. The standard InChI is InChI=1S/C13H24N6O3.ClH/c1-6-10(13(20)15-7-8(2)14-4)16-12-11(19(21)22)9(3)17-18(12)5;/h8,10,14,16H,6-7H2,1-5H3,(H,15,20);1H. The van der Waals surface area contributed by atoms with Crippen molar-refractivity contribution in [1.82, 2.24) is 20.4 Å². The molecule has 23 heavy (non-hydrogen) atoms. The van der Waals surface area contributed by atoms with E-state index < -0.39 is 11.0 Å². The van der Waals surface area contributed by atoms with E-state index in [0.717, 1.165) is 0 Å². The van der Waals surface area contributed by atoms with Gasteiger partial charge in [-0.2, -0.15) is 5.10 Å². The molecular formula is C13H25ClN6O3. The molecule has 2 atom stereocenters. The van der Waals surface area contributed by atoms with Crippen LogP contribution in [0.15, 0.2) is 0 Å². The molecule has 0 aliphatic rings. The fourth-order valence-electron chi connectivity index (χ4n) is 2.02. The first-order valence-electron chi connectivity index (χ1n) is 7.21. The third-order valence-corrected chi connectivity index (χ3v) is 3.48. The fraction of sp³-hybridized carbons (Fsp3) is 0.692. The van der Waals surface area contributed by atoms with E-state index in [-0.39, 0.29) is 35.9 Å². The monoisotopic (exact) mass is 348 g/mol. The van der Waals surface area contributed by atoms with Gasteiger partial charge in [-0.25, -0.2) is 4.68 Å². The smallest absolute Gasteiger partial charge is 0.333 e. The normalized spacial score (nSPS) is 12.9. The number of nitrogens with zero attached hydrogens (tertiary/aromatic N) is 3. The van der Waals surface area contributed by atoms with E-state index in [4.69, 9.17) is 0 Å². The van der Waals surface area contributed by atoms with E-state index in [1.54, 1.807) is 14.0 Å². The predicted octanol–water partition coefficient (Wildman–Crippen LogP) is 0.973. The van der Waals surface area contributed by atoms with Crippen LogP contribution in [0, 0.1) is 17.0 Å². The second-order valence-corrected chi connectivity index (χ2v) is 5.20. The number of hydrogen-bond donors (Lipinski definition) is 3. The number of amides is 1. The lowest BCUT2D eigenvalue weighted by atomic mass is 10.2. The molecule has 3 N–H and O–H groups in total. The highest BCUT2D eigenvalue weighted by atomic mass is 35.5. The van der Waals surface area contributed by atoms with Crippen molar-refractivity contribution in [2.24, 2.45) is 7.05 Å². The molecule has 1 heterocycles. The molecule has 0 radical (unpaired) electrons. The Balaban J connectivity index is 0.00000484. The fourth-order valence-corrected chi connectivity index (χ4v) is 2.02. The van der Waals surface area contributed by atoms with E-state index in [2.05, 4.69) is 21.0 Å². The molecule has 9 nitrogen and oxygen atoms in total. The highest BCUT2D eigenvalue weighted by molar-refractivity contribution is 5.85. The Morgan fingerprint density at radius 2 is 2.09 bits per heavy atom. The van der Waals surface area contributed by atoms with E-state index in [0.29, 0.717) is 18.7 Å². The number of carbonyl (C=O) groups is 1. The predicted molar refractivity (Wildman–Crippen MR) is 91.1 cm³/mol. The molecule has 0 aliphatic carbocycles. The largest absolute Gasteiger partial charge is 0.353 e. The van der Waals surface area contributed by atoms with Gasteiger partial charge in [-0.15, -0.1) is 12.4 Å². The maximum atomic E-state index is 12.2. The zero-order valence-corrected chi connectivity index (χ0v) is 14.9. The van der Waals surface area contributed by atoms with E-state index in [1.807, 2.05) is 20.9 Å². The summed E-state index contributed by atoms with van der Waals surface area (Å²) in [7, 11) is 3.42. The minimum absolute atomic E-state index is 0. The van der Waals surface area contributed by atoms with E-state index in [1.165, 1.54) is 4.68 Å². The van der Waals surface area contributed by atoms with Gasteiger partial charge in [-0.05, 0) is 27.3 Å². The lowest BCUT2D eigenvalue weighted by Crippen LogP contribution is -2.44. The Hall–Kier alpha value is -1.87. The number of likely N-dealkylation sites (N-methyl/N-ethyl adjacent to an activating group) is 1. The number of nitrogens with one attached hydrogen (secondary N) is 3. The number of nitro groups is 1. The van der Waals surface area contributed by atoms with Crippen LogP contribution in [0.4, 0.5) is 11.5 Å². The molecule has 0 bridgehead atoms. The number of rotatable bonds is 8. The van der Waals surface area contributed by atoms with Crippen molar-refractivity contribution < 1.29 is 9.72 Å². The molecule has 1 aromatic rings. The van der Waals surface area contributed by atoms with Crippen LogP contribution >= 0.6 is 12.4 Å². The van der Waals surface area contributed by atoms with Crippen LogP contribution in [0.25, 0.3) is 0 Å². The van der Waals surface area contributed by atoms with Crippen molar-refractivity contribution in [3.63, 3.8) is 0 Å². The van der Waals surface area contributed by atoms with Gasteiger partial charge in [-0.1, -0.05) is 6.92 Å². The number of hydrogen-bond acceptors (Lipinski definition) is 6. The van der Waals surface area contributed by atoms with Crippen molar-refractivity contribution in [2.45, 2.75) is 39.3 Å². The van der Waals surface area contributed by atoms with Crippen molar-refractivity contribution >= 4 is 29.8 Å². The first kappa shape index (κ1) is 21.1. The van der Waals surface area contributed by atoms with E-state index in [9.17, 15) is 14.9 Å². The molecule has 1 rings (SSSR count). The minimum atomic E-state index is -0.558. The molecule has 0 saturated carbocycles. The number of anilines is 1. The molecule has 132 valence electrons. The summed E-state index contributed by atoms with van der Waals surface area (Å²) in [4.78, 5) is 22.9. The van der Waals surface area contributed by atoms with Gasteiger partial charge >= 0.3 is 5.69 Å². The highest BCUT2D eigenvalue weighted by Gasteiger charge is 2.27. The van der Waals surface area contributed by atoms with Crippen molar-refractivity contribution in [3.8, 4) is 0 Å². The van der Waals surface area contributed by atoms with Gasteiger partial charge in [0.1, 0.15) is 11.7 Å². The number of carbonyl (C=O) groups excluding carboxylic acids is 1. The third-order valence-electron chi connectivity index (χ3n) is 3.48. The summed E-state index contributed by atoms with van der Waals surface area (Å²) in [5.41, 5.74) is 0.214. The Morgan fingerprint density at radius 1 is 1.48 bits per heavy atom. The van der Waals surface area contributed by atoms with Gasteiger partial charge in [0.2, 0.25) is 11.7 Å². The Labute approximate surface area is 141 Å². The van der Waals surface area contributed by atoms with Crippen LogP contribution in [-0.2, 0) is 11.8 Å². The van der Waals surface area contributed by atoms with Crippen LogP contribution in [0.3, 0.4) is 0 Å². The van der Waals surface area contributed by atoms with Crippen molar-refractivity contribution in [3.05, 3.63) is 15.8 Å². The van der Waals surface area contributed by atoms with Crippen LogP contribution in [-0.4, -0.2) is 46.3 Å². The highest BCUT2D eigenvalue weighted by Crippen LogP contribution is 2.28. The SMILES string of the molecule is CCC(Nc1c([N+](=O)[O-])c(C)nn1C)C(=O)NCC(C)NC.Cl. The quantitative estimate of drug-likeness (QED) is 0.476. The van der Waals surface area contributed by atoms with Crippen LogP contribution < -0.4 is 16.0 Å². The van der Waals surface area contributed by atoms with E-state index >= 15 is 0 Å². The Bertz CT molecular complexity index is 548. The summed E-state index contributed by atoms with van der Waals surface area (Å²) in [6.07, 6.45) is 0.501. The summed E-state index contributed by atoms with van der Waals surface area (Å²) in [5, 5.41) is 24.0. The molecular weight excluding hydrogens is 324 g/mol. The topological polar surface area (TPSA) is 114 Å². The average molecular weight is 349 g/mol. The van der Waals surface area contributed by atoms with Crippen LogP contribution in [0.5, 0.6) is 0 Å². The molecule has 2 unspecified atom stereocenters. The average Bonchev–Trinajstić information content (AvgIpc) is 2.75. The van der Waals surface area contributed by atoms with Crippen molar-refractivity contribution in [2.75, 3.05) is 18.9 Å². The molecule has 1 amide bonds. The lowest BCUT2D eigenvalue weighted by Gasteiger charge is -2.19. The van der Waals surface area contributed by atoms with Gasteiger partial charge < -0.3 is 16.0 Å². The van der Waals surface area contributed by atoms with Crippen molar-refractivity contribution in [1.29, 1.82) is 0 Å². The zero-order valence-electron chi connectivity index (χ0n) is 14.0. The Kier molecular flexibility index (Phi) is 8.55. The van der Waals surface area contributed by atoms with Gasteiger partial charge in [0.25, 0.3) is 0 Å².